The van der Waals surface area contributed by atoms with Crippen LogP contribution < -0.4 is 10.6 Å². The first-order valence-electron chi connectivity index (χ1n) is 8.69. The van der Waals surface area contributed by atoms with Gasteiger partial charge in [-0.15, -0.1) is 0 Å². The van der Waals surface area contributed by atoms with Crippen LogP contribution in [0.3, 0.4) is 0 Å². The summed E-state index contributed by atoms with van der Waals surface area (Å²) >= 11 is 3.58. The molecule has 2 N–H and O–H groups in total. The molecule has 0 amide bonds. The molecular weight excluding hydrogens is 390 g/mol. The van der Waals surface area contributed by atoms with Crippen molar-refractivity contribution >= 4 is 27.7 Å². The van der Waals surface area contributed by atoms with Gasteiger partial charge >= 0.3 is 0 Å². The lowest BCUT2D eigenvalue weighted by Crippen LogP contribution is -2.16. The summed E-state index contributed by atoms with van der Waals surface area (Å²) in [5.74, 6) is 1.40. The first-order valence-corrected chi connectivity index (χ1v) is 9.48. The second kappa shape index (κ2) is 8.76. The van der Waals surface area contributed by atoms with E-state index >= 15 is 0 Å². The van der Waals surface area contributed by atoms with Crippen LogP contribution >= 0.6 is 15.9 Å². The molecule has 0 aliphatic heterocycles. The second-order valence-corrected chi connectivity index (χ2v) is 6.96. The minimum absolute atomic E-state index is 0.301. The summed E-state index contributed by atoms with van der Waals surface area (Å²) in [6, 6.07) is 14.3. The van der Waals surface area contributed by atoms with Crippen molar-refractivity contribution in [1.82, 2.24) is 15.0 Å². The van der Waals surface area contributed by atoms with Crippen LogP contribution in [0.15, 0.2) is 59.3 Å². The summed E-state index contributed by atoms with van der Waals surface area (Å²) in [6.45, 7) is 4.93. The molecule has 0 bridgehead atoms. The van der Waals surface area contributed by atoms with Gasteiger partial charge in [-0.05, 0) is 37.1 Å². The number of benzene rings is 1. The van der Waals surface area contributed by atoms with Gasteiger partial charge in [0.15, 0.2) is 0 Å². The molecule has 3 aromatic rings. The zero-order valence-electron chi connectivity index (χ0n) is 14.9. The molecule has 134 valence electrons. The number of hydrogen-bond donors (Lipinski definition) is 2. The quantitative estimate of drug-likeness (QED) is 0.564. The molecule has 1 atom stereocenters. The van der Waals surface area contributed by atoms with Gasteiger partial charge < -0.3 is 10.6 Å². The summed E-state index contributed by atoms with van der Waals surface area (Å²) in [5.41, 5.74) is 2.98. The largest absolute Gasteiger partial charge is 0.366 e. The molecule has 6 heteroatoms. The highest BCUT2D eigenvalue weighted by atomic mass is 79.9. The minimum Gasteiger partial charge on any atom is -0.366 e. The number of nitrogens with zero attached hydrogens (tertiary/aromatic N) is 3. The Bertz CT molecular complexity index is 854. The summed E-state index contributed by atoms with van der Waals surface area (Å²) < 4.78 is 1.08. The Kier molecular flexibility index (Phi) is 6.17. The third kappa shape index (κ3) is 4.79. The molecular formula is C20H22BrN5. The monoisotopic (exact) mass is 411 g/mol. The van der Waals surface area contributed by atoms with Crippen LogP contribution in [0.5, 0.6) is 0 Å². The number of halogens is 1. The van der Waals surface area contributed by atoms with E-state index in [0.717, 1.165) is 28.0 Å². The Hall–Kier alpha value is -2.47. The van der Waals surface area contributed by atoms with Crippen LogP contribution in [0, 0.1) is 0 Å². The summed E-state index contributed by atoms with van der Waals surface area (Å²) in [4.78, 5) is 13.5. The number of hydrogen-bond acceptors (Lipinski definition) is 5. The molecule has 0 aliphatic carbocycles. The zero-order chi connectivity index (χ0) is 18.4. The van der Waals surface area contributed by atoms with Gasteiger partial charge in [0.05, 0.1) is 5.69 Å². The van der Waals surface area contributed by atoms with Crippen molar-refractivity contribution in [3.05, 3.63) is 64.9 Å². The van der Waals surface area contributed by atoms with Gasteiger partial charge in [0.2, 0.25) is 5.95 Å². The number of anilines is 2. The van der Waals surface area contributed by atoms with Crippen molar-refractivity contribution < 1.29 is 0 Å². The average molecular weight is 412 g/mol. The Balaban J connectivity index is 1.88. The van der Waals surface area contributed by atoms with Gasteiger partial charge in [-0.1, -0.05) is 41.1 Å². The van der Waals surface area contributed by atoms with E-state index < -0.39 is 0 Å². The molecule has 0 spiro atoms. The van der Waals surface area contributed by atoms with Crippen molar-refractivity contribution in [2.45, 2.75) is 32.9 Å². The molecule has 5 nitrogen and oxygen atoms in total. The van der Waals surface area contributed by atoms with Crippen molar-refractivity contribution in [1.29, 1.82) is 0 Å². The smallest absolute Gasteiger partial charge is 0.225 e. The van der Waals surface area contributed by atoms with Crippen molar-refractivity contribution in [2.24, 2.45) is 0 Å². The highest BCUT2D eigenvalue weighted by molar-refractivity contribution is 9.10. The van der Waals surface area contributed by atoms with Crippen LogP contribution in [0.2, 0.25) is 0 Å². The second-order valence-electron chi connectivity index (χ2n) is 6.10. The lowest BCUT2D eigenvalue weighted by atomic mass is 10.2. The maximum absolute atomic E-state index is 4.65. The lowest BCUT2D eigenvalue weighted by Gasteiger charge is -2.15. The van der Waals surface area contributed by atoms with Crippen LogP contribution in [-0.2, 0) is 6.54 Å². The van der Waals surface area contributed by atoms with E-state index in [9.17, 15) is 0 Å². The van der Waals surface area contributed by atoms with Crippen molar-refractivity contribution in [3.63, 3.8) is 0 Å². The van der Waals surface area contributed by atoms with Gasteiger partial charge in [0, 0.05) is 41.1 Å². The van der Waals surface area contributed by atoms with Crippen LogP contribution in [0.25, 0.3) is 11.3 Å². The fourth-order valence-corrected chi connectivity index (χ4v) is 2.84. The first-order chi connectivity index (χ1) is 12.7. The highest BCUT2D eigenvalue weighted by Gasteiger charge is 2.09. The predicted octanol–water partition coefficient (Wildman–Crippen LogP) is 5.12. The number of pyridine rings is 1. The molecule has 1 aromatic carbocycles. The first kappa shape index (κ1) is 18.3. The number of rotatable bonds is 7. The van der Waals surface area contributed by atoms with Crippen LogP contribution in [-0.4, -0.2) is 21.0 Å². The normalized spacial score (nSPS) is 11.8. The fraction of sp³-hybridized carbons (Fsp3) is 0.250. The summed E-state index contributed by atoms with van der Waals surface area (Å²) in [5, 5.41) is 6.76. The topological polar surface area (TPSA) is 62.7 Å². The molecule has 0 unspecified atom stereocenters. The molecule has 0 aliphatic rings. The summed E-state index contributed by atoms with van der Waals surface area (Å²) in [7, 11) is 0. The van der Waals surface area contributed by atoms with E-state index in [-0.39, 0.29) is 0 Å². The van der Waals surface area contributed by atoms with Gasteiger partial charge in [0.1, 0.15) is 5.82 Å². The standard InChI is InChI=1S/C20H22BrN5/c1-3-14(2)24-20-25-18(16-8-6-10-22-12-16)11-19(26-20)23-13-15-7-4-5-9-17(15)21/h4-12,14H,3,13H2,1-2H3,(H2,23,24,25,26)/t14-/m0/s1. The van der Waals surface area contributed by atoms with Gasteiger partial charge in [-0.2, -0.15) is 4.98 Å². The van der Waals surface area contributed by atoms with E-state index in [2.05, 4.69) is 61.4 Å². The molecule has 2 aromatic heterocycles. The van der Waals surface area contributed by atoms with E-state index in [1.807, 2.05) is 42.6 Å². The lowest BCUT2D eigenvalue weighted by molar-refractivity contribution is 0.753. The van der Waals surface area contributed by atoms with Crippen molar-refractivity contribution in [3.8, 4) is 11.3 Å². The van der Waals surface area contributed by atoms with Gasteiger partial charge in [-0.3, -0.25) is 4.98 Å². The SMILES string of the molecule is CC[C@H](C)Nc1nc(NCc2ccccc2Br)cc(-c2cccnc2)n1. The van der Waals surface area contributed by atoms with Crippen LogP contribution in [0.1, 0.15) is 25.8 Å². The third-order valence-corrected chi connectivity index (χ3v) is 4.86. The zero-order valence-corrected chi connectivity index (χ0v) is 16.5. The molecule has 0 fully saturated rings. The maximum Gasteiger partial charge on any atom is 0.225 e. The average Bonchev–Trinajstić information content (AvgIpc) is 2.68. The Morgan fingerprint density at radius 2 is 1.96 bits per heavy atom. The maximum atomic E-state index is 4.65. The molecule has 26 heavy (non-hydrogen) atoms. The molecule has 0 radical (unpaired) electrons. The minimum atomic E-state index is 0.301. The Morgan fingerprint density at radius 1 is 1.12 bits per heavy atom. The predicted molar refractivity (Wildman–Crippen MR) is 110 cm³/mol. The third-order valence-electron chi connectivity index (χ3n) is 4.09. The molecule has 0 saturated heterocycles. The number of nitrogens with one attached hydrogen (secondary N) is 2. The molecule has 3 rings (SSSR count). The van der Waals surface area contributed by atoms with Gasteiger partial charge in [0.25, 0.3) is 0 Å². The van der Waals surface area contributed by atoms with Gasteiger partial charge in [-0.25, -0.2) is 4.98 Å². The highest BCUT2D eigenvalue weighted by Crippen LogP contribution is 2.22. The van der Waals surface area contributed by atoms with E-state index in [4.69, 9.17) is 0 Å². The molecule has 2 heterocycles. The number of aromatic nitrogens is 3. The molecule has 0 saturated carbocycles. The van der Waals surface area contributed by atoms with E-state index in [1.165, 1.54) is 5.56 Å². The Labute approximate surface area is 162 Å². The van der Waals surface area contributed by atoms with Crippen molar-refractivity contribution in [2.75, 3.05) is 10.6 Å². The Morgan fingerprint density at radius 3 is 2.69 bits per heavy atom. The van der Waals surface area contributed by atoms with E-state index in [1.54, 1.807) is 6.20 Å². The fourth-order valence-electron chi connectivity index (χ4n) is 2.41. The van der Waals surface area contributed by atoms with Crippen LogP contribution in [0.4, 0.5) is 11.8 Å². The van der Waals surface area contributed by atoms with E-state index in [0.29, 0.717) is 18.5 Å². The summed E-state index contributed by atoms with van der Waals surface area (Å²) in [6.07, 6.45) is 4.57.